The van der Waals surface area contributed by atoms with Gasteiger partial charge in [0, 0.05) is 18.1 Å². The van der Waals surface area contributed by atoms with Gasteiger partial charge in [-0.25, -0.2) is 8.42 Å². The molecule has 0 fully saturated rings. The van der Waals surface area contributed by atoms with Crippen LogP contribution in [-0.2, 0) is 9.84 Å². The molecule has 4 nitrogen and oxygen atoms in total. The lowest BCUT2D eigenvalue weighted by molar-refractivity contribution is 0.242. The van der Waals surface area contributed by atoms with E-state index in [1.54, 1.807) is 0 Å². The zero-order valence-electron chi connectivity index (χ0n) is 13.4. The van der Waals surface area contributed by atoms with Gasteiger partial charge in [0.2, 0.25) is 0 Å². The van der Waals surface area contributed by atoms with Gasteiger partial charge in [0.1, 0.15) is 15.6 Å². The standard InChI is InChI=1S/C16H27NO3S/c1-5-17-16(10-7-11-21(4,18)19)14-8-6-9-15(12-14)20-13(2)3/h6,8-9,12-13,16-17H,5,7,10-11H2,1-4H3. The van der Waals surface area contributed by atoms with Crippen molar-refractivity contribution in [2.75, 3.05) is 18.6 Å². The fourth-order valence-corrected chi connectivity index (χ4v) is 2.95. The molecule has 1 N–H and O–H groups in total. The van der Waals surface area contributed by atoms with Gasteiger partial charge in [-0.05, 0) is 50.9 Å². The number of benzene rings is 1. The summed E-state index contributed by atoms with van der Waals surface area (Å²) in [7, 11) is -2.89. The molecule has 0 spiro atoms. The van der Waals surface area contributed by atoms with Crippen molar-refractivity contribution in [3.63, 3.8) is 0 Å². The zero-order valence-corrected chi connectivity index (χ0v) is 14.2. The van der Waals surface area contributed by atoms with Crippen LogP contribution in [0.25, 0.3) is 0 Å². The third-order valence-electron chi connectivity index (χ3n) is 3.09. The molecular formula is C16H27NO3S. The molecule has 0 radical (unpaired) electrons. The van der Waals surface area contributed by atoms with Crippen molar-refractivity contribution in [1.82, 2.24) is 5.32 Å². The minimum atomic E-state index is -2.89. The molecule has 0 saturated carbocycles. The van der Waals surface area contributed by atoms with E-state index in [1.165, 1.54) is 6.26 Å². The highest BCUT2D eigenvalue weighted by Crippen LogP contribution is 2.23. The van der Waals surface area contributed by atoms with Gasteiger partial charge in [-0.15, -0.1) is 0 Å². The number of hydrogen-bond acceptors (Lipinski definition) is 4. The summed E-state index contributed by atoms with van der Waals surface area (Å²) in [5, 5.41) is 3.42. The van der Waals surface area contributed by atoms with E-state index >= 15 is 0 Å². The highest BCUT2D eigenvalue weighted by molar-refractivity contribution is 7.90. The van der Waals surface area contributed by atoms with Crippen molar-refractivity contribution in [1.29, 1.82) is 0 Å². The predicted octanol–water partition coefficient (Wildman–Crippen LogP) is 2.95. The molecule has 0 amide bonds. The molecule has 0 aromatic heterocycles. The third kappa shape index (κ3) is 7.48. The van der Waals surface area contributed by atoms with E-state index in [1.807, 2.05) is 32.0 Å². The Morgan fingerprint density at radius 3 is 2.57 bits per heavy atom. The van der Waals surface area contributed by atoms with Crippen LogP contribution in [-0.4, -0.2) is 33.1 Å². The summed E-state index contributed by atoms with van der Waals surface area (Å²) in [5.41, 5.74) is 1.14. The fraction of sp³-hybridized carbons (Fsp3) is 0.625. The Bertz CT molecular complexity index is 526. The van der Waals surface area contributed by atoms with Crippen molar-refractivity contribution in [2.45, 2.75) is 45.8 Å². The molecule has 1 unspecified atom stereocenters. The van der Waals surface area contributed by atoms with Gasteiger partial charge in [0.25, 0.3) is 0 Å². The van der Waals surface area contributed by atoms with Crippen LogP contribution in [0.1, 0.15) is 45.2 Å². The monoisotopic (exact) mass is 313 g/mol. The van der Waals surface area contributed by atoms with E-state index in [9.17, 15) is 8.42 Å². The molecule has 0 aliphatic carbocycles. The summed E-state index contributed by atoms with van der Waals surface area (Å²) in [6.07, 6.45) is 2.88. The maximum absolute atomic E-state index is 11.2. The second-order valence-corrected chi connectivity index (χ2v) is 7.88. The van der Waals surface area contributed by atoms with Crippen molar-refractivity contribution in [2.24, 2.45) is 0 Å². The summed E-state index contributed by atoms with van der Waals surface area (Å²) >= 11 is 0. The topological polar surface area (TPSA) is 55.4 Å². The first kappa shape index (κ1) is 18.0. The quantitative estimate of drug-likeness (QED) is 0.761. The lowest BCUT2D eigenvalue weighted by Gasteiger charge is -2.19. The van der Waals surface area contributed by atoms with Crippen LogP contribution in [0.15, 0.2) is 24.3 Å². The van der Waals surface area contributed by atoms with Crippen molar-refractivity contribution < 1.29 is 13.2 Å². The van der Waals surface area contributed by atoms with E-state index < -0.39 is 9.84 Å². The second-order valence-electron chi connectivity index (χ2n) is 5.62. The smallest absolute Gasteiger partial charge is 0.147 e. The first-order chi connectivity index (χ1) is 9.81. The largest absolute Gasteiger partial charge is 0.491 e. The summed E-state index contributed by atoms with van der Waals surface area (Å²) < 4.78 is 28.2. The number of nitrogens with one attached hydrogen (secondary N) is 1. The zero-order chi connectivity index (χ0) is 15.9. The molecule has 1 aromatic carbocycles. The summed E-state index contributed by atoms with van der Waals surface area (Å²) in [6.45, 7) is 6.90. The molecule has 0 heterocycles. The highest BCUT2D eigenvalue weighted by Gasteiger charge is 2.13. The van der Waals surface area contributed by atoms with Crippen LogP contribution in [0, 0.1) is 0 Å². The molecule has 1 atom stereocenters. The van der Waals surface area contributed by atoms with Gasteiger partial charge < -0.3 is 10.1 Å². The van der Waals surface area contributed by atoms with E-state index in [2.05, 4.69) is 18.3 Å². The molecule has 0 bridgehead atoms. The number of ether oxygens (including phenoxy) is 1. The molecule has 5 heteroatoms. The molecule has 0 aliphatic heterocycles. The SMILES string of the molecule is CCNC(CCCS(C)(=O)=O)c1cccc(OC(C)C)c1. The van der Waals surface area contributed by atoms with Crippen LogP contribution in [0.5, 0.6) is 5.75 Å². The van der Waals surface area contributed by atoms with Crippen LogP contribution in [0.4, 0.5) is 0 Å². The molecule has 120 valence electrons. The number of hydrogen-bond donors (Lipinski definition) is 1. The normalized spacial score (nSPS) is 13.4. The molecule has 0 aliphatic rings. The second kappa shape index (κ2) is 8.39. The molecule has 1 aromatic rings. The number of sulfone groups is 1. The summed E-state index contributed by atoms with van der Waals surface area (Å²) in [6, 6.07) is 8.18. The Hall–Kier alpha value is -1.07. The predicted molar refractivity (Wildman–Crippen MR) is 87.6 cm³/mol. The van der Waals surface area contributed by atoms with E-state index in [4.69, 9.17) is 4.74 Å². The highest BCUT2D eigenvalue weighted by atomic mass is 32.2. The van der Waals surface area contributed by atoms with Crippen LogP contribution in [0.2, 0.25) is 0 Å². The maximum atomic E-state index is 11.2. The third-order valence-corrected chi connectivity index (χ3v) is 4.12. The van der Waals surface area contributed by atoms with Crippen LogP contribution < -0.4 is 10.1 Å². The van der Waals surface area contributed by atoms with Gasteiger partial charge in [-0.2, -0.15) is 0 Å². The van der Waals surface area contributed by atoms with Gasteiger partial charge in [-0.1, -0.05) is 19.1 Å². The Morgan fingerprint density at radius 1 is 1.29 bits per heavy atom. The lowest BCUT2D eigenvalue weighted by Crippen LogP contribution is -2.22. The molecule has 0 saturated heterocycles. The Labute approximate surface area is 128 Å². The van der Waals surface area contributed by atoms with Gasteiger partial charge >= 0.3 is 0 Å². The first-order valence-electron chi connectivity index (χ1n) is 7.49. The lowest BCUT2D eigenvalue weighted by atomic mass is 10.0. The van der Waals surface area contributed by atoms with Crippen molar-refractivity contribution >= 4 is 9.84 Å². The van der Waals surface area contributed by atoms with Crippen LogP contribution >= 0.6 is 0 Å². The van der Waals surface area contributed by atoms with Gasteiger partial charge in [0.15, 0.2) is 0 Å². The number of rotatable bonds is 9. The average Bonchev–Trinajstić information content (AvgIpc) is 2.36. The maximum Gasteiger partial charge on any atom is 0.147 e. The Morgan fingerprint density at radius 2 is 2.00 bits per heavy atom. The molecule has 1 rings (SSSR count). The van der Waals surface area contributed by atoms with Gasteiger partial charge in [-0.3, -0.25) is 0 Å². The van der Waals surface area contributed by atoms with E-state index in [-0.39, 0.29) is 17.9 Å². The van der Waals surface area contributed by atoms with Crippen LogP contribution in [0.3, 0.4) is 0 Å². The summed E-state index contributed by atoms with van der Waals surface area (Å²) in [4.78, 5) is 0. The van der Waals surface area contributed by atoms with E-state index in [0.717, 1.165) is 24.3 Å². The van der Waals surface area contributed by atoms with E-state index in [0.29, 0.717) is 6.42 Å². The Kier molecular flexibility index (Phi) is 7.18. The minimum absolute atomic E-state index is 0.142. The minimum Gasteiger partial charge on any atom is -0.491 e. The van der Waals surface area contributed by atoms with Crippen molar-refractivity contribution in [3.8, 4) is 5.75 Å². The first-order valence-corrected chi connectivity index (χ1v) is 9.55. The molecule has 21 heavy (non-hydrogen) atoms. The van der Waals surface area contributed by atoms with Gasteiger partial charge in [0.05, 0.1) is 6.10 Å². The van der Waals surface area contributed by atoms with Crippen molar-refractivity contribution in [3.05, 3.63) is 29.8 Å². The summed E-state index contributed by atoms with van der Waals surface area (Å²) in [5.74, 6) is 1.09. The Balaban J connectivity index is 2.75. The fourth-order valence-electron chi connectivity index (χ4n) is 2.26. The molecular weight excluding hydrogens is 286 g/mol. The average molecular weight is 313 g/mol.